The van der Waals surface area contributed by atoms with E-state index in [1.807, 2.05) is 0 Å². The van der Waals surface area contributed by atoms with E-state index in [9.17, 15) is 14.0 Å². The highest BCUT2D eigenvalue weighted by Crippen LogP contribution is 2.35. The predicted octanol–water partition coefficient (Wildman–Crippen LogP) is 1.16. The molecule has 1 aliphatic rings. The molecule has 6 nitrogen and oxygen atoms in total. The van der Waals surface area contributed by atoms with Gasteiger partial charge in [-0.05, 0) is 19.1 Å². The monoisotopic (exact) mass is 267 g/mol. The van der Waals surface area contributed by atoms with Crippen LogP contribution in [0.5, 0.6) is 0 Å². The first-order valence-corrected chi connectivity index (χ1v) is 5.82. The van der Waals surface area contributed by atoms with Gasteiger partial charge in [0, 0.05) is 7.05 Å². The number of hydrogen-bond donors (Lipinski definition) is 3. The molecule has 1 unspecified atom stereocenters. The molecule has 1 aliphatic heterocycles. The van der Waals surface area contributed by atoms with Crippen molar-refractivity contribution in [3.63, 3.8) is 0 Å². The second kappa shape index (κ2) is 5.13. The van der Waals surface area contributed by atoms with Crippen molar-refractivity contribution >= 4 is 28.9 Å². The quantitative estimate of drug-likeness (QED) is 0.566. The van der Waals surface area contributed by atoms with Crippen LogP contribution in [0.2, 0.25) is 0 Å². The van der Waals surface area contributed by atoms with Gasteiger partial charge in [-0.25, -0.2) is 9.18 Å². The smallest absolute Gasteiger partial charge is 0.338 e. The van der Waals surface area contributed by atoms with Gasteiger partial charge in [0.15, 0.2) is 0 Å². The SMILES string of the molecule is CCOC(=O)C1Nc2cc(F)cc(NC)c2NC1=O. The van der Waals surface area contributed by atoms with Gasteiger partial charge in [-0.3, -0.25) is 4.79 Å². The molecule has 0 fully saturated rings. The number of halogens is 1. The number of carbonyl (C=O) groups is 2. The molecule has 1 aromatic rings. The minimum atomic E-state index is -1.17. The number of ether oxygens (including phenoxy) is 1. The van der Waals surface area contributed by atoms with E-state index in [2.05, 4.69) is 16.0 Å². The summed E-state index contributed by atoms with van der Waals surface area (Å²) in [6.45, 7) is 1.81. The van der Waals surface area contributed by atoms with Crippen LogP contribution in [-0.2, 0) is 14.3 Å². The number of nitrogens with one attached hydrogen (secondary N) is 3. The van der Waals surface area contributed by atoms with Crippen molar-refractivity contribution in [2.24, 2.45) is 0 Å². The van der Waals surface area contributed by atoms with Gasteiger partial charge < -0.3 is 20.7 Å². The van der Waals surface area contributed by atoms with E-state index in [4.69, 9.17) is 4.74 Å². The van der Waals surface area contributed by atoms with Crippen LogP contribution < -0.4 is 16.0 Å². The molecule has 0 aliphatic carbocycles. The zero-order chi connectivity index (χ0) is 14.0. The van der Waals surface area contributed by atoms with Crippen LogP contribution in [0, 0.1) is 5.82 Å². The molecule has 7 heteroatoms. The number of fused-ring (bicyclic) bond motifs is 1. The molecular formula is C12H14FN3O3. The van der Waals surface area contributed by atoms with Gasteiger partial charge in [-0.2, -0.15) is 0 Å². The third kappa shape index (κ3) is 2.44. The van der Waals surface area contributed by atoms with Crippen molar-refractivity contribution in [1.82, 2.24) is 0 Å². The molecule has 19 heavy (non-hydrogen) atoms. The van der Waals surface area contributed by atoms with E-state index in [-0.39, 0.29) is 6.61 Å². The van der Waals surface area contributed by atoms with Gasteiger partial charge in [0.05, 0.1) is 23.7 Å². The molecule has 0 spiro atoms. The fourth-order valence-corrected chi connectivity index (χ4v) is 1.86. The van der Waals surface area contributed by atoms with Crippen molar-refractivity contribution in [2.75, 3.05) is 29.6 Å². The highest BCUT2D eigenvalue weighted by molar-refractivity contribution is 6.16. The molecule has 1 heterocycles. The van der Waals surface area contributed by atoms with Gasteiger partial charge in [0.2, 0.25) is 6.04 Å². The van der Waals surface area contributed by atoms with E-state index in [0.717, 1.165) is 0 Å². The number of rotatable bonds is 3. The topological polar surface area (TPSA) is 79.5 Å². The Kier molecular flexibility index (Phi) is 3.55. The third-order valence-corrected chi connectivity index (χ3v) is 2.70. The third-order valence-electron chi connectivity index (χ3n) is 2.70. The summed E-state index contributed by atoms with van der Waals surface area (Å²) in [5.41, 5.74) is 1.18. The van der Waals surface area contributed by atoms with Crippen molar-refractivity contribution < 1.29 is 18.7 Å². The van der Waals surface area contributed by atoms with Crippen molar-refractivity contribution in [2.45, 2.75) is 13.0 Å². The molecule has 3 N–H and O–H groups in total. The lowest BCUT2D eigenvalue weighted by Crippen LogP contribution is -2.45. The molecule has 0 radical (unpaired) electrons. The molecule has 0 bridgehead atoms. The van der Waals surface area contributed by atoms with Gasteiger partial charge >= 0.3 is 5.97 Å². The first-order valence-electron chi connectivity index (χ1n) is 5.82. The first kappa shape index (κ1) is 13.1. The largest absolute Gasteiger partial charge is 0.464 e. The van der Waals surface area contributed by atoms with Crippen molar-refractivity contribution in [3.05, 3.63) is 17.9 Å². The molecule has 1 aromatic carbocycles. The maximum Gasteiger partial charge on any atom is 0.338 e. The molecule has 102 valence electrons. The predicted molar refractivity (Wildman–Crippen MR) is 68.6 cm³/mol. The van der Waals surface area contributed by atoms with E-state index >= 15 is 0 Å². The van der Waals surface area contributed by atoms with Gasteiger partial charge in [-0.1, -0.05) is 0 Å². The lowest BCUT2D eigenvalue weighted by Gasteiger charge is -2.27. The Morgan fingerprint density at radius 2 is 2.26 bits per heavy atom. The van der Waals surface area contributed by atoms with Crippen LogP contribution in [0.15, 0.2) is 12.1 Å². The molecule has 0 aromatic heterocycles. The maximum absolute atomic E-state index is 13.4. The average Bonchev–Trinajstić information content (AvgIpc) is 2.38. The van der Waals surface area contributed by atoms with Crippen LogP contribution in [0.3, 0.4) is 0 Å². The maximum atomic E-state index is 13.4. The Morgan fingerprint density at radius 3 is 2.89 bits per heavy atom. The number of carbonyl (C=O) groups excluding carboxylic acids is 2. The first-order chi connectivity index (χ1) is 9.06. The molecular weight excluding hydrogens is 253 g/mol. The zero-order valence-corrected chi connectivity index (χ0v) is 10.5. The minimum Gasteiger partial charge on any atom is -0.464 e. The Morgan fingerprint density at radius 1 is 1.53 bits per heavy atom. The fourth-order valence-electron chi connectivity index (χ4n) is 1.86. The normalized spacial score (nSPS) is 17.0. The molecule has 0 saturated carbocycles. The van der Waals surface area contributed by atoms with Crippen LogP contribution in [-0.4, -0.2) is 31.6 Å². The summed E-state index contributed by atoms with van der Waals surface area (Å²) in [6.07, 6.45) is 0. The average molecular weight is 267 g/mol. The highest BCUT2D eigenvalue weighted by Gasteiger charge is 2.34. The Bertz CT molecular complexity index is 533. The lowest BCUT2D eigenvalue weighted by atomic mass is 10.1. The molecule has 1 atom stereocenters. The summed E-state index contributed by atoms with van der Waals surface area (Å²) in [5, 5.41) is 8.02. The molecule has 2 rings (SSSR count). The van der Waals surface area contributed by atoms with Crippen molar-refractivity contribution in [1.29, 1.82) is 0 Å². The highest BCUT2D eigenvalue weighted by atomic mass is 19.1. The number of amides is 1. The standard InChI is InChI=1S/C12H14FN3O3/c1-3-19-12(18)10-11(17)16-9-7(14-2)4-6(13)5-8(9)15-10/h4-5,10,14-15H,3H2,1-2H3,(H,16,17). The summed E-state index contributed by atoms with van der Waals surface area (Å²) in [6, 6.07) is 1.30. The Labute approximate surface area is 109 Å². The molecule has 1 amide bonds. The summed E-state index contributed by atoms with van der Waals surface area (Å²) < 4.78 is 18.2. The van der Waals surface area contributed by atoms with E-state index in [1.165, 1.54) is 12.1 Å². The van der Waals surface area contributed by atoms with Crippen molar-refractivity contribution in [3.8, 4) is 0 Å². The summed E-state index contributed by atoms with van der Waals surface area (Å²) in [5.74, 6) is -1.70. The molecule has 0 saturated heterocycles. The van der Waals surface area contributed by atoms with Gasteiger partial charge in [0.1, 0.15) is 5.82 Å². The number of hydrogen-bond acceptors (Lipinski definition) is 5. The van der Waals surface area contributed by atoms with Gasteiger partial charge in [0.25, 0.3) is 5.91 Å². The van der Waals surface area contributed by atoms with Crippen LogP contribution in [0.25, 0.3) is 0 Å². The number of esters is 1. The number of benzene rings is 1. The second-order valence-corrected chi connectivity index (χ2v) is 3.94. The Balaban J connectivity index is 2.35. The zero-order valence-electron chi connectivity index (χ0n) is 10.5. The van der Waals surface area contributed by atoms with Crippen LogP contribution in [0.4, 0.5) is 21.5 Å². The van der Waals surface area contributed by atoms with E-state index in [1.54, 1.807) is 14.0 Å². The van der Waals surface area contributed by atoms with Crippen LogP contribution in [0.1, 0.15) is 6.92 Å². The second-order valence-electron chi connectivity index (χ2n) is 3.94. The lowest BCUT2D eigenvalue weighted by molar-refractivity contribution is -0.146. The summed E-state index contributed by atoms with van der Waals surface area (Å²) in [7, 11) is 1.61. The fraction of sp³-hybridized carbons (Fsp3) is 0.333. The number of anilines is 3. The summed E-state index contributed by atoms with van der Waals surface area (Å²) >= 11 is 0. The van der Waals surface area contributed by atoms with E-state index in [0.29, 0.717) is 17.1 Å². The van der Waals surface area contributed by atoms with Crippen LogP contribution >= 0.6 is 0 Å². The minimum absolute atomic E-state index is 0.169. The van der Waals surface area contributed by atoms with Gasteiger partial charge in [-0.15, -0.1) is 0 Å². The summed E-state index contributed by atoms with van der Waals surface area (Å²) in [4.78, 5) is 23.4. The Hall–Kier alpha value is -2.31. The van der Waals surface area contributed by atoms with E-state index < -0.39 is 23.7 Å².